The van der Waals surface area contributed by atoms with Gasteiger partial charge in [0.2, 0.25) is 0 Å². The van der Waals surface area contributed by atoms with Gasteiger partial charge < -0.3 is 30.3 Å². The lowest BCUT2D eigenvalue weighted by atomic mass is 9.98. The van der Waals surface area contributed by atoms with Gasteiger partial charge in [0.25, 0.3) is 6.23 Å². The lowest BCUT2D eigenvalue weighted by molar-refractivity contribution is -0.778. The number of pyridine rings is 1. The molecule has 0 aliphatic carbocycles. The number of carboxylic acid groups (broad SMARTS) is 1. The molecule has 0 aromatic carbocycles. The van der Waals surface area contributed by atoms with Crippen molar-refractivity contribution < 1.29 is 39.6 Å². The number of rotatable bonds is 3. The number of ether oxygens (including phenoxy) is 1. The van der Waals surface area contributed by atoms with Crippen LogP contribution in [-0.2, 0) is 4.74 Å². The van der Waals surface area contributed by atoms with Crippen molar-refractivity contribution >= 4 is 5.97 Å². The molecule has 2 rings (SSSR count). The number of carboxylic acids is 1. The van der Waals surface area contributed by atoms with Crippen molar-refractivity contribution in [2.24, 2.45) is 0 Å². The Hall–Kier alpha value is -1.58. The van der Waals surface area contributed by atoms with Crippen LogP contribution >= 0.6 is 0 Å². The van der Waals surface area contributed by atoms with Gasteiger partial charge in [0.15, 0.2) is 18.5 Å². The van der Waals surface area contributed by atoms with E-state index in [2.05, 4.69) is 0 Å². The summed E-state index contributed by atoms with van der Waals surface area (Å²) in [5.41, 5.74) is -0.0236. The second kappa shape index (κ2) is 5.81. The Labute approximate surface area is 114 Å². The van der Waals surface area contributed by atoms with Gasteiger partial charge >= 0.3 is 5.97 Å². The fourth-order valence-corrected chi connectivity index (χ4v) is 2.11. The number of aliphatic hydroxyl groups is 4. The Morgan fingerprint density at radius 1 is 1.25 bits per heavy atom. The monoisotopic (exact) mass is 286 g/mol. The molecule has 110 valence electrons. The van der Waals surface area contributed by atoms with E-state index in [1.54, 1.807) is 0 Å². The largest absolute Gasteiger partial charge is 0.477 e. The van der Waals surface area contributed by atoms with Gasteiger partial charge in [0, 0.05) is 6.07 Å². The van der Waals surface area contributed by atoms with Gasteiger partial charge in [-0.2, -0.15) is 4.57 Å². The van der Waals surface area contributed by atoms with E-state index in [4.69, 9.17) is 14.9 Å². The van der Waals surface area contributed by atoms with Gasteiger partial charge in [-0.15, -0.1) is 0 Å². The lowest BCUT2D eigenvalue weighted by Gasteiger charge is -2.36. The molecule has 0 unspecified atom stereocenters. The Morgan fingerprint density at radius 2 is 1.95 bits per heavy atom. The third-order valence-electron chi connectivity index (χ3n) is 3.23. The number of carbonyl (C=O) groups is 1. The SMILES string of the molecule is O=C(O)c1ccc[n+]([C@@H]2O[C@H](CO)[C@@H](O)[C@H](O)[C@H]2O)c1. The third-order valence-corrected chi connectivity index (χ3v) is 3.23. The zero-order chi connectivity index (χ0) is 14.9. The van der Waals surface area contributed by atoms with Crippen molar-refractivity contribution in [3.05, 3.63) is 30.1 Å². The molecule has 5 atom stereocenters. The van der Waals surface area contributed by atoms with E-state index in [1.807, 2.05) is 0 Å². The Bertz CT molecular complexity index is 492. The predicted octanol–water partition coefficient (Wildman–Crippen LogP) is -2.36. The van der Waals surface area contributed by atoms with Gasteiger partial charge in [-0.05, 0) is 6.07 Å². The van der Waals surface area contributed by atoms with Crippen LogP contribution in [0.5, 0.6) is 0 Å². The quantitative estimate of drug-likeness (QED) is 0.393. The molecule has 0 saturated carbocycles. The lowest BCUT2D eigenvalue weighted by Crippen LogP contribution is -2.62. The Balaban J connectivity index is 2.31. The van der Waals surface area contributed by atoms with E-state index < -0.39 is 43.2 Å². The minimum absolute atomic E-state index is 0.0236. The fraction of sp³-hybridized carbons (Fsp3) is 0.500. The van der Waals surface area contributed by atoms with Crippen molar-refractivity contribution in [2.75, 3.05) is 6.61 Å². The van der Waals surface area contributed by atoms with Crippen LogP contribution in [0, 0.1) is 0 Å². The maximum atomic E-state index is 10.9. The smallest absolute Gasteiger partial charge is 0.341 e. The van der Waals surface area contributed by atoms with E-state index in [-0.39, 0.29) is 5.56 Å². The average molecular weight is 286 g/mol. The summed E-state index contributed by atoms with van der Waals surface area (Å²) in [7, 11) is 0. The second-order valence-electron chi connectivity index (χ2n) is 4.56. The number of aromatic nitrogens is 1. The van der Waals surface area contributed by atoms with E-state index in [9.17, 15) is 20.1 Å². The maximum absolute atomic E-state index is 10.9. The van der Waals surface area contributed by atoms with E-state index in [1.165, 1.54) is 29.1 Å². The molecule has 1 aromatic rings. The summed E-state index contributed by atoms with van der Waals surface area (Å²) in [6.45, 7) is -0.541. The first kappa shape index (κ1) is 14.8. The zero-order valence-electron chi connectivity index (χ0n) is 10.4. The fourth-order valence-electron chi connectivity index (χ4n) is 2.11. The van der Waals surface area contributed by atoms with Crippen LogP contribution in [0.15, 0.2) is 24.5 Å². The minimum Gasteiger partial charge on any atom is -0.477 e. The van der Waals surface area contributed by atoms with E-state index >= 15 is 0 Å². The highest BCUT2D eigenvalue weighted by Gasteiger charge is 2.48. The highest BCUT2D eigenvalue weighted by molar-refractivity contribution is 5.86. The van der Waals surface area contributed by atoms with Crippen LogP contribution in [0.2, 0.25) is 0 Å². The molecule has 1 aliphatic heterocycles. The van der Waals surface area contributed by atoms with Gasteiger partial charge in [0.1, 0.15) is 23.9 Å². The molecule has 20 heavy (non-hydrogen) atoms. The first-order valence-corrected chi connectivity index (χ1v) is 6.00. The summed E-state index contributed by atoms with van der Waals surface area (Å²) >= 11 is 0. The van der Waals surface area contributed by atoms with Crippen LogP contribution in [0.1, 0.15) is 16.6 Å². The Morgan fingerprint density at radius 3 is 2.55 bits per heavy atom. The molecule has 8 heteroatoms. The molecule has 8 nitrogen and oxygen atoms in total. The number of aromatic carboxylic acids is 1. The highest BCUT2D eigenvalue weighted by Crippen LogP contribution is 2.24. The first-order chi connectivity index (χ1) is 9.45. The van der Waals surface area contributed by atoms with Gasteiger partial charge in [-0.3, -0.25) is 0 Å². The molecule has 0 spiro atoms. The summed E-state index contributed by atoms with van der Waals surface area (Å²) in [5, 5.41) is 47.3. The molecule has 0 amide bonds. The molecule has 1 aliphatic rings. The van der Waals surface area contributed by atoms with Crippen molar-refractivity contribution in [2.45, 2.75) is 30.6 Å². The summed E-state index contributed by atoms with van der Waals surface area (Å²) in [6, 6.07) is 2.81. The maximum Gasteiger partial charge on any atom is 0.341 e. The third kappa shape index (κ3) is 2.65. The van der Waals surface area contributed by atoms with E-state index in [0.29, 0.717) is 0 Å². The summed E-state index contributed by atoms with van der Waals surface area (Å²) in [5.74, 6) is -1.15. The van der Waals surface area contributed by atoms with E-state index in [0.717, 1.165) is 0 Å². The summed E-state index contributed by atoms with van der Waals surface area (Å²) in [4.78, 5) is 10.9. The summed E-state index contributed by atoms with van der Waals surface area (Å²) in [6.07, 6.45) is -3.87. The molecule has 1 saturated heterocycles. The number of nitrogens with zero attached hydrogens (tertiary/aromatic N) is 1. The molecule has 1 fully saturated rings. The van der Waals surface area contributed by atoms with Gasteiger partial charge in [-0.1, -0.05) is 0 Å². The van der Waals surface area contributed by atoms with Crippen LogP contribution in [0.25, 0.3) is 0 Å². The highest BCUT2D eigenvalue weighted by atomic mass is 16.6. The zero-order valence-corrected chi connectivity index (χ0v) is 10.4. The predicted molar refractivity (Wildman–Crippen MR) is 62.6 cm³/mol. The minimum atomic E-state index is -1.51. The molecule has 0 radical (unpaired) electrons. The number of hydrogen-bond acceptors (Lipinski definition) is 6. The molecular weight excluding hydrogens is 270 g/mol. The van der Waals surface area contributed by atoms with Crippen molar-refractivity contribution in [1.82, 2.24) is 0 Å². The standard InChI is InChI=1S/C12H15NO7/c14-5-7-8(15)9(16)10(17)11(20-7)13-3-1-2-6(4-13)12(18)19/h1-4,7-11,14-17H,5H2/p+1/t7-,8-,9+,10-,11-/m1/s1. The topological polar surface area (TPSA) is 131 Å². The van der Waals surface area contributed by atoms with Crippen LogP contribution in [0.4, 0.5) is 0 Å². The first-order valence-electron chi connectivity index (χ1n) is 6.00. The molecule has 0 bridgehead atoms. The van der Waals surface area contributed by atoms with Crippen LogP contribution in [0.3, 0.4) is 0 Å². The molecule has 1 aromatic heterocycles. The average Bonchev–Trinajstić information content (AvgIpc) is 2.45. The molecular formula is C12H16NO7+. The van der Waals surface area contributed by atoms with Gasteiger partial charge in [0.05, 0.1) is 6.61 Å². The number of hydrogen-bond donors (Lipinski definition) is 5. The second-order valence-corrected chi connectivity index (χ2v) is 4.56. The van der Waals surface area contributed by atoms with Crippen LogP contribution < -0.4 is 4.57 Å². The molecule has 5 N–H and O–H groups in total. The Kier molecular flexibility index (Phi) is 4.31. The van der Waals surface area contributed by atoms with Crippen molar-refractivity contribution in [1.29, 1.82) is 0 Å². The summed E-state index contributed by atoms with van der Waals surface area (Å²) < 4.78 is 6.58. The van der Waals surface area contributed by atoms with Crippen molar-refractivity contribution in [3.8, 4) is 0 Å². The normalized spacial score (nSPS) is 33.9. The van der Waals surface area contributed by atoms with Crippen LogP contribution in [-0.4, -0.2) is 62.5 Å². The number of aliphatic hydroxyl groups excluding tert-OH is 4. The van der Waals surface area contributed by atoms with Crippen molar-refractivity contribution in [3.63, 3.8) is 0 Å². The molecule has 2 heterocycles. The van der Waals surface area contributed by atoms with Gasteiger partial charge in [-0.25, -0.2) is 4.79 Å².